The topological polar surface area (TPSA) is 69.2 Å². The molecule has 4 aliphatic rings. The van der Waals surface area contributed by atoms with Crippen LogP contribution in [-0.2, 0) is 9.53 Å². The molecule has 2 aromatic rings. The first-order valence-electron chi connectivity index (χ1n) is 13.2. The minimum absolute atomic E-state index is 0.0184. The van der Waals surface area contributed by atoms with E-state index < -0.39 is 0 Å². The lowest BCUT2D eigenvalue weighted by Gasteiger charge is -2.45. The summed E-state index contributed by atoms with van der Waals surface area (Å²) in [4.78, 5) is 34.5. The molecule has 3 amide bonds. The number of morpholine rings is 1. The van der Waals surface area contributed by atoms with Gasteiger partial charge in [-0.1, -0.05) is 25.0 Å². The summed E-state index contributed by atoms with van der Waals surface area (Å²) < 4.78 is 11.5. The molecule has 0 radical (unpaired) electrons. The van der Waals surface area contributed by atoms with Crippen molar-refractivity contribution in [2.24, 2.45) is 11.8 Å². The summed E-state index contributed by atoms with van der Waals surface area (Å²) in [7, 11) is 0. The quantitative estimate of drug-likeness (QED) is 0.632. The first-order chi connectivity index (χ1) is 17.2. The minimum atomic E-state index is -0.0945. The van der Waals surface area contributed by atoms with Crippen molar-refractivity contribution < 1.29 is 14.3 Å². The van der Waals surface area contributed by atoms with Crippen molar-refractivity contribution in [3.8, 4) is 0 Å². The zero-order valence-corrected chi connectivity index (χ0v) is 21.1. The zero-order valence-electron chi connectivity index (χ0n) is 20.3. The van der Waals surface area contributed by atoms with E-state index >= 15 is 0 Å². The van der Waals surface area contributed by atoms with Crippen LogP contribution in [0, 0.1) is 11.8 Å². The highest BCUT2D eigenvalue weighted by Crippen LogP contribution is 2.34. The van der Waals surface area contributed by atoms with Gasteiger partial charge in [-0.05, 0) is 48.3 Å². The highest BCUT2D eigenvalue weighted by Gasteiger charge is 2.42. The van der Waals surface area contributed by atoms with Gasteiger partial charge in [0.15, 0.2) is 0 Å². The number of amides is 3. The Kier molecular flexibility index (Phi) is 6.64. The van der Waals surface area contributed by atoms with E-state index in [9.17, 15) is 9.59 Å². The molecule has 188 valence electrons. The Labute approximate surface area is 211 Å². The number of rotatable bonds is 5. The van der Waals surface area contributed by atoms with Gasteiger partial charge in [0.25, 0.3) is 0 Å². The lowest BCUT2D eigenvalue weighted by molar-refractivity contribution is -0.137. The number of nitrogens with zero attached hydrogens (tertiary/aromatic N) is 5. The number of hydrogen-bond acceptors (Lipinski definition) is 7. The summed E-state index contributed by atoms with van der Waals surface area (Å²) in [5.74, 6) is 2.05. The molecule has 8 nitrogen and oxygen atoms in total. The lowest BCUT2D eigenvalue weighted by atomic mass is 9.78. The molecule has 0 bridgehead atoms. The molecular weight excluding hydrogens is 462 g/mol. The number of ether oxygens (including phenoxy) is 1. The third-order valence-corrected chi connectivity index (χ3v) is 9.24. The Balaban J connectivity index is 1.07. The third-order valence-electron chi connectivity index (χ3n) is 8.42. The number of piperazine rings is 1. The monoisotopic (exact) mass is 497 g/mol. The highest BCUT2D eigenvalue weighted by molar-refractivity contribution is 7.13. The van der Waals surface area contributed by atoms with Gasteiger partial charge in [0.05, 0.1) is 30.4 Å². The molecule has 9 heteroatoms. The van der Waals surface area contributed by atoms with Crippen LogP contribution in [0.15, 0.2) is 24.3 Å². The number of fused-ring (bicyclic) bond motifs is 2. The van der Waals surface area contributed by atoms with Crippen LogP contribution >= 0.6 is 11.5 Å². The number of benzene rings is 1. The van der Waals surface area contributed by atoms with Gasteiger partial charge in [0.1, 0.15) is 5.82 Å². The molecule has 3 atom stereocenters. The maximum Gasteiger partial charge on any atom is 0.327 e. The van der Waals surface area contributed by atoms with Crippen LogP contribution in [0.1, 0.15) is 32.1 Å². The maximum atomic E-state index is 13.1. The summed E-state index contributed by atoms with van der Waals surface area (Å²) in [5.41, 5.74) is 0. The van der Waals surface area contributed by atoms with Gasteiger partial charge < -0.3 is 14.5 Å². The van der Waals surface area contributed by atoms with Crippen LogP contribution in [0.3, 0.4) is 0 Å². The molecule has 3 aliphatic heterocycles. The lowest BCUT2D eigenvalue weighted by Crippen LogP contribution is -2.61. The predicted molar refractivity (Wildman–Crippen MR) is 137 cm³/mol. The summed E-state index contributed by atoms with van der Waals surface area (Å²) in [5, 5.41) is 1.26. The van der Waals surface area contributed by atoms with Crippen LogP contribution in [0.2, 0.25) is 0 Å². The van der Waals surface area contributed by atoms with Gasteiger partial charge in [0.2, 0.25) is 5.91 Å². The third kappa shape index (κ3) is 4.66. The van der Waals surface area contributed by atoms with Crippen LogP contribution in [0.25, 0.3) is 10.1 Å². The molecule has 0 unspecified atom stereocenters. The SMILES string of the molecule is O=C1C[C@H]2COCCN2C(=O)N1C[C@H]1CCCC[C@H]1CN1CCN(c2nsc3ccccc23)CC1. The number of urea groups is 1. The molecule has 3 saturated heterocycles. The second kappa shape index (κ2) is 10.0. The van der Waals surface area contributed by atoms with Crippen molar-refractivity contribution in [2.75, 3.05) is 63.9 Å². The average molecular weight is 498 g/mol. The Morgan fingerprint density at radius 3 is 2.57 bits per heavy atom. The van der Waals surface area contributed by atoms with Crippen molar-refractivity contribution in [3.63, 3.8) is 0 Å². The van der Waals surface area contributed by atoms with Gasteiger partial charge in [-0.2, -0.15) is 4.37 Å². The number of carbonyl (C=O) groups is 2. The highest BCUT2D eigenvalue weighted by atomic mass is 32.1. The summed E-state index contributed by atoms with van der Waals surface area (Å²) in [6, 6.07) is 8.32. The van der Waals surface area contributed by atoms with E-state index in [2.05, 4.69) is 34.1 Å². The van der Waals surface area contributed by atoms with Crippen molar-refractivity contribution in [2.45, 2.75) is 38.1 Å². The molecule has 6 rings (SSSR count). The second-order valence-electron chi connectivity index (χ2n) is 10.5. The van der Waals surface area contributed by atoms with Crippen LogP contribution in [0.4, 0.5) is 10.6 Å². The molecule has 35 heavy (non-hydrogen) atoms. The standard InChI is InChI=1S/C26H35N5O3S/c32-24-15-21-18-34-14-13-30(21)26(33)31(24)17-20-6-2-1-5-19(20)16-28-9-11-29(12-10-28)25-22-7-3-4-8-23(22)35-27-25/h3-4,7-8,19-21H,1-2,5-6,9-18H2/t19-,20+,21-/m0/s1. The number of carbonyl (C=O) groups excluding carboxylic acids is 2. The fourth-order valence-corrected chi connectivity index (χ4v) is 7.20. The van der Waals surface area contributed by atoms with E-state index in [1.165, 1.54) is 29.3 Å². The maximum absolute atomic E-state index is 13.1. The fourth-order valence-electron chi connectivity index (χ4n) is 6.40. The summed E-state index contributed by atoms with van der Waals surface area (Å²) in [6.45, 7) is 7.35. The molecule has 1 aromatic carbocycles. The molecule has 4 fully saturated rings. The largest absolute Gasteiger partial charge is 0.377 e. The van der Waals surface area contributed by atoms with E-state index in [1.807, 2.05) is 4.90 Å². The Bertz CT molecular complexity index is 1070. The van der Waals surface area contributed by atoms with Gasteiger partial charge in [0, 0.05) is 51.2 Å². The molecule has 1 aliphatic carbocycles. The van der Waals surface area contributed by atoms with E-state index in [0.29, 0.717) is 44.6 Å². The molecule has 0 spiro atoms. The molecule has 1 saturated carbocycles. The van der Waals surface area contributed by atoms with E-state index in [1.54, 1.807) is 16.4 Å². The minimum Gasteiger partial charge on any atom is -0.377 e. The van der Waals surface area contributed by atoms with Crippen molar-refractivity contribution in [1.82, 2.24) is 19.1 Å². The molecule has 0 N–H and O–H groups in total. The Hall–Kier alpha value is -2.23. The van der Waals surface area contributed by atoms with Crippen molar-refractivity contribution >= 4 is 39.4 Å². The zero-order chi connectivity index (χ0) is 23.8. The number of aromatic nitrogens is 1. The number of imide groups is 1. The fraction of sp³-hybridized carbons (Fsp3) is 0.654. The molecule has 1 aromatic heterocycles. The summed E-state index contributed by atoms with van der Waals surface area (Å²) >= 11 is 1.59. The van der Waals surface area contributed by atoms with Gasteiger partial charge >= 0.3 is 6.03 Å². The Morgan fingerprint density at radius 1 is 0.971 bits per heavy atom. The average Bonchev–Trinajstić information content (AvgIpc) is 3.32. The smallest absolute Gasteiger partial charge is 0.327 e. The van der Waals surface area contributed by atoms with E-state index in [4.69, 9.17) is 9.11 Å². The molecular formula is C26H35N5O3S. The molecule has 4 heterocycles. The van der Waals surface area contributed by atoms with Crippen LogP contribution in [0.5, 0.6) is 0 Å². The van der Waals surface area contributed by atoms with Crippen molar-refractivity contribution in [1.29, 1.82) is 0 Å². The second-order valence-corrected chi connectivity index (χ2v) is 11.3. The van der Waals surface area contributed by atoms with Crippen LogP contribution in [-0.4, -0.2) is 96.1 Å². The first-order valence-corrected chi connectivity index (χ1v) is 13.9. The number of hydrogen-bond donors (Lipinski definition) is 0. The first kappa shape index (κ1) is 23.2. The van der Waals surface area contributed by atoms with Crippen LogP contribution < -0.4 is 4.90 Å². The normalized spacial score (nSPS) is 28.6. The van der Waals surface area contributed by atoms with Gasteiger partial charge in [-0.15, -0.1) is 0 Å². The van der Waals surface area contributed by atoms with Gasteiger partial charge in [-0.3, -0.25) is 14.6 Å². The summed E-state index contributed by atoms with van der Waals surface area (Å²) in [6.07, 6.45) is 5.15. The Morgan fingerprint density at radius 2 is 1.74 bits per heavy atom. The number of anilines is 1. The van der Waals surface area contributed by atoms with E-state index in [-0.39, 0.29) is 18.0 Å². The van der Waals surface area contributed by atoms with Crippen molar-refractivity contribution in [3.05, 3.63) is 24.3 Å². The predicted octanol–water partition coefficient (Wildman–Crippen LogP) is 3.28. The van der Waals surface area contributed by atoms with E-state index in [0.717, 1.165) is 45.0 Å². The van der Waals surface area contributed by atoms with Gasteiger partial charge in [-0.25, -0.2) is 4.79 Å².